The third kappa shape index (κ3) is 55.8. The molecule has 0 spiro atoms. The zero-order valence-electron chi connectivity index (χ0n) is 45.2. The van der Waals surface area contributed by atoms with Gasteiger partial charge in [-0.25, -0.2) is 0 Å². The third-order valence-electron chi connectivity index (χ3n) is 11.2. The number of rotatable bonds is 48. The van der Waals surface area contributed by atoms with E-state index < -0.39 is 6.10 Å². The van der Waals surface area contributed by atoms with Crippen LogP contribution < -0.4 is 0 Å². The first-order valence-electron chi connectivity index (χ1n) is 28.1. The molecule has 0 aromatic carbocycles. The first kappa shape index (κ1) is 66.0. The fourth-order valence-corrected chi connectivity index (χ4v) is 7.01. The molecule has 0 fully saturated rings. The van der Waals surface area contributed by atoms with E-state index in [1.54, 1.807) is 0 Å². The molecule has 1 unspecified atom stereocenters. The first-order chi connectivity index (χ1) is 35.0. The largest absolute Gasteiger partial charge is 0.462 e. The molecule has 6 heteroatoms. The molecule has 0 amide bonds. The molecule has 0 saturated heterocycles. The third-order valence-corrected chi connectivity index (χ3v) is 11.2. The number of ether oxygens (including phenoxy) is 3. The lowest BCUT2D eigenvalue weighted by Crippen LogP contribution is -2.30. The van der Waals surface area contributed by atoms with E-state index in [9.17, 15) is 14.4 Å². The van der Waals surface area contributed by atoms with Gasteiger partial charge < -0.3 is 14.2 Å². The maximum Gasteiger partial charge on any atom is 0.306 e. The highest BCUT2D eigenvalue weighted by molar-refractivity contribution is 5.71. The van der Waals surface area contributed by atoms with Crippen LogP contribution in [0.15, 0.2) is 158 Å². The Bertz CT molecular complexity index is 1640. The normalized spacial score (nSPS) is 13.3. The molecule has 0 aliphatic rings. The van der Waals surface area contributed by atoms with Crippen LogP contribution in [0.2, 0.25) is 0 Å². The molecule has 0 heterocycles. The highest BCUT2D eigenvalue weighted by atomic mass is 16.6. The van der Waals surface area contributed by atoms with Crippen LogP contribution in [0.25, 0.3) is 0 Å². The van der Waals surface area contributed by atoms with Crippen molar-refractivity contribution in [3.8, 4) is 0 Å². The molecule has 6 nitrogen and oxygen atoms in total. The van der Waals surface area contributed by atoms with Crippen LogP contribution in [0.3, 0.4) is 0 Å². The van der Waals surface area contributed by atoms with Gasteiger partial charge in [0.15, 0.2) is 6.10 Å². The predicted molar refractivity (Wildman–Crippen MR) is 306 cm³/mol. The minimum atomic E-state index is -0.834. The number of carbonyl (C=O) groups excluding carboxylic acids is 3. The van der Waals surface area contributed by atoms with Gasteiger partial charge in [0.25, 0.3) is 0 Å². The van der Waals surface area contributed by atoms with Crippen LogP contribution in [-0.4, -0.2) is 37.2 Å². The lowest BCUT2D eigenvalue weighted by atomic mass is 10.1. The van der Waals surface area contributed by atoms with Gasteiger partial charge in [-0.05, 0) is 109 Å². The minimum absolute atomic E-state index is 0.124. The van der Waals surface area contributed by atoms with Gasteiger partial charge in [-0.2, -0.15) is 0 Å². The summed E-state index contributed by atoms with van der Waals surface area (Å²) in [4.78, 5) is 38.1. The van der Waals surface area contributed by atoms with Crippen molar-refractivity contribution in [1.29, 1.82) is 0 Å². The molecule has 0 rings (SSSR count). The average Bonchev–Trinajstić information content (AvgIpc) is 3.37. The van der Waals surface area contributed by atoms with Crippen molar-refractivity contribution in [2.75, 3.05) is 13.2 Å². The van der Waals surface area contributed by atoms with Gasteiger partial charge in [0.2, 0.25) is 0 Å². The Morgan fingerprint density at radius 2 is 0.634 bits per heavy atom. The van der Waals surface area contributed by atoms with Crippen molar-refractivity contribution < 1.29 is 28.6 Å². The maximum atomic E-state index is 12.8. The Hall–Kier alpha value is -4.97. The molecule has 0 bridgehead atoms. The van der Waals surface area contributed by atoms with Crippen LogP contribution >= 0.6 is 0 Å². The summed E-state index contributed by atoms with van der Waals surface area (Å²) < 4.78 is 16.8. The molecule has 0 aliphatic heterocycles. The fourth-order valence-electron chi connectivity index (χ4n) is 7.01. The monoisotopic (exact) mass is 977 g/mol. The van der Waals surface area contributed by atoms with Crippen molar-refractivity contribution in [2.45, 2.75) is 219 Å². The van der Waals surface area contributed by atoms with Crippen LogP contribution in [-0.2, 0) is 28.6 Å². The van der Waals surface area contributed by atoms with Gasteiger partial charge in [0, 0.05) is 19.3 Å². The topological polar surface area (TPSA) is 78.9 Å². The summed E-state index contributed by atoms with van der Waals surface area (Å²) in [5.41, 5.74) is 0. The van der Waals surface area contributed by atoms with E-state index in [1.165, 1.54) is 64.2 Å². The summed E-state index contributed by atoms with van der Waals surface area (Å²) in [7, 11) is 0. The molecule has 0 aromatic heterocycles. The Labute approximate surface area is 435 Å². The standard InChI is InChI=1S/C65H100O6/c1-4-7-10-13-16-19-22-25-28-31-32-35-37-40-43-46-49-52-55-58-64(67)70-61-62(71-65(68)59-56-53-50-47-44-41-38-34-30-27-24-21-18-15-12-9-6-3)60-69-63(66)57-54-51-48-45-42-39-36-33-29-26-23-20-17-14-11-8-5-2/h7,9-10,12,15-21,24-30,34,36,38-39,41,44-45,48,62H,4-6,8,11,13-14,22-23,31-33,35,37,40,42-43,46-47,49-61H2,1-3H3/b10-7-,12-9-,18-15-,19-16-,20-17-,24-21-,28-25-,29-26-,30-27-,38-34+,39-36-,44-41-,48-45-. The van der Waals surface area contributed by atoms with Gasteiger partial charge in [0.1, 0.15) is 13.2 Å². The molecule has 1 atom stereocenters. The number of allylic oxidation sites excluding steroid dienone is 26. The Morgan fingerprint density at radius 1 is 0.310 bits per heavy atom. The quantitative estimate of drug-likeness (QED) is 0.0199. The van der Waals surface area contributed by atoms with Gasteiger partial charge in [-0.3, -0.25) is 14.4 Å². The summed E-state index contributed by atoms with van der Waals surface area (Å²) in [6, 6.07) is 0. The van der Waals surface area contributed by atoms with E-state index >= 15 is 0 Å². The molecule has 0 aromatic rings. The highest BCUT2D eigenvalue weighted by Gasteiger charge is 2.19. The molecule has 0 N–H and O–H groups in total. The molecule has 71 heavy (non-hydrogen) atoms. The van der Waals surface area contributed by atoms with E-state index in [4.69, 9.17) is 14.2 Å². The minimum Gasteiger partial charge on any atom is -0.462 e. The second-order valence-electron chi connectivity index (χ2n) is 17.9. The summed E-state index contributed by atoms with van der Waals surface area (Å²) in [5.74, 6) is -1.04. The second-order valence-corrected chi connectivity index (χ2v) is 17.9. The van der Waals surface area contributed by atoms with Crippen LogP contribution in [0, 0.1) is 0 Å². The van der Waals surface area contributed by atoms with Crippen molar-refractivity contribution in [2.24, 2.45) is 0 Å². The maximum absolute atomic E-state index is 12.8. The first-order valence-corrected chi connectivity index (χ1v) is 28.1. The average molecular weight is 978 g/mol. The molecule has 0 aliphatic carbocycles. The van der Waals surface area contributed by atoms with Gasteiger partial charge >= 0.3 is 17.9 Å². The van der Waals surface area contributed by atoms with Gasteiger partial charge in [-0.1, -0.05) is 243 Å². The molecular formula is C65H100O6. The number of esters is 3. The second kappa shape index (κ2) is 57.6. The Kier molecular flexibility index (Phi) is 53.6. The van der Waals surface area contributed by atoms with Crippen molar-refractivity contribution >= 4 is 17.9 Å². The van der Waals surface area contributed by atoms with Crippen LogP contribution in [0.1, 0.15) is 213 Å². The van der Waals surface area contributed by atoms with Crippen molar-refractivity contribution in [1.82, 2.24) is 0 Å². The lowest BCUT2D eigenvalue weighted by molar-refractivity contribution is -0.167. The smallest absolute Gasteiger partial charge is 0.306 e. The molecule has 0 saturated carbocycles. The van der Waals surface area contributed by atoms with E-state index in [0.29, 0.717) is 19.3 Å². The van der Waals surface area contributed by atoms with E-state index in [-0.39, 0.29) is 44.0 Å². The van der Waals surface area contributed by atoms with Crippen LogP contribution in [0.5, 0.6) is 0 Å². The molecule has 0 radical (unpaired) electrons. The zero-order valence-corrected chi connectivity index (χ0v) is 45.2. The summed E-state index contributed by atoms with van der Waals surface area (Å²) in [6.45, 7) is 6.25. The Balaban J connectivity index is 4.59. The SMILES string of the molecule is CC\C=C/C=C\C=C/C=C\C=C\C=C/CCCCCC(=O)OC(COC(=O)CCC/C=C\C/C=C\C/C=C\C/C=C\CCCCC)COC(=O)CCCCCCCCCCC/C=C\C/C=C\C/C=C\CC. The highest BCUT2D eigenvalue weighted by Crippen LogP contribution is 2.13. The van der Waals surface area contributed by atoms with Crippen LogP contribution in [0.4, 0.5) is 0 Å². The number of hydrogen-bond acceptors (Lipinski definition) is 6. The zero-order chi connectivity index (χ0) is 51.4. The number of unbranched alkanes of at least 4 members (excludes halogenated alkanes) is 16. The Morgan fingerprint density at radius 3 is 1.10 bits per heavy atom. The van der Waals surface area contributed by atoms with Gasteiger partial charge in [0.05, 0.1) is 0 Å². The fraction of sp³-hybridized carbons (Fsp3) is 0.554. The number of carbonyl (C=O) groups is 3. The predicted octanol–water partition coefficient (Wildman–Crippen LogP) is 19.0. The molecular weight excluding hydrogens is 877 g/mol. The summed E-state index contributed by atoms with van der Waals surface area (Å²) in [5, 5.41) is 0. The van der Waals surface area contributed by atoms with E-state index in [2.05, 4.69) is 118 Å². The van der Waals surface area contributed by atoms with Crippen molar-refractivity contribution in [3.05, 3.63) is 158 Å². The van der Waals surface area contributed by atoms with E-state index in [0.717, 1.165) is 96.3 Å². The van der Waals surface area contributed by atoms with E-state index in [1.807, 2.05) is 60.8 Å². The summed E-state index contributed by atoms with van der Waals surface area (Å²) in [6.07, 6.45) is 83.7. The molecule has 396 valence electrons. The lowest BCUT2D eigenvalue weighted by Gasteiger charge is -2.18. The summed E-state index contributed by atoms with van der Waals surface area (Å²) >= 11 is 0. The number of hydrogen-bond donors (Lipinski definition) is 0. The van der Waals surface area contributed by atoms with Crippen molar-refractivity contribution in [3.63, 3.8) is 0 Å². The van der Waals surface area contributed by atoms with Gasteiger partial charge in [-0.15, -0.1) is 0 Å².